The number of rotatable bonds is 3. The summed E-state index contributed by atoms with van der Waals surface area (Å²) < 4.78 is 0. The van der Waals surface area contributed by atoms with Crippen molar-refractivity contribution < 1.29 is 9.90 Å². The van der Waals surface area contributed by atoms with Gasteiger partial charge in [-0.3, -0.25) is 4.79 Å². The van der Waals surface area contributed by atoms with Crippen molar-refractivity contribution in [1.82, 2.24) is 0 Å². The van der Waals surface area contributed by atoms with Crippen molar-refractivity contribution in [2.45, 2.75) is 19.8 Å². The van der Waals surface area contributed by atoms with Crippen LogP contribution < -0.4 is 0 Å². The van der Waals surface area contributed by atoms with E-state index in [1.807, 2.05) is 6.92 Å². The normalized spacial score (nSPS) is 10.2. The molecule has 0 spiro atoms. The van der Waals surface area contributed by atoms with Gasteiger partial charge in [0.05, 0.1) is 10.0 Å². The zero-order chi connectivity index (χ0) is 10.7. The lowest BCUT2D eigenvalue weighted by Crippen LogP contribution is -1.99. The molecule has 0 aliphatic carbocycles. The molecule has 0 bridgehead atoms. The van der Waals surface area contributed by atoms with E-state index in [1.54, 1.807) is 12.1 Å². The number of benzene rings is 1. The number of hydrogen-bond acceptors (Lipinski definition) is 1. The van der Waals surface area contributed by atoms with Crippen LogP contribution in [-0.2, 0) is 11.2 Å². The van der Waals surface area contributed by atoms with Gasteiger partial charge in [0.25, 0.3) is 0 Å². The van der Waals surface area contributed by atoms with Crippen LogP contribution in [0.1, 0.15) is 17.5 Å². The van der Waals surface area contributed by atoms with Gasteiger partial charge in [-0.2, -0.15) is 0 Å². The fraction of sp³-hybridized carbons (Fsp3) is 0.300. The molecule has 1 rings (SSSR count). The standard InChI is InChI=1S/C10H10Cl2O2/c1-6-4-8(11)9(12)5-7(6)2-3-10(13)14/h4-5H,2-3H2,1H3,(H,13,14). The van der Waals surface area contributed by atoms with Crippen molar-refractivity contribution in [3.63, 3.8) is 0 Å². The predicted octanol–water partition coefficient (Wildman–Crippen LogP) is 3.32. The minimum Gasteiger partial charge on any atom is -0.481 e. The lowest BCUT2D eigenvalue weighted by Gasteiger charge is -2.06. The van der Waals surface area contributed by atoms with E-state index < -0.39 is 5.97 Å². The Morgan fingerprint density at radius 3 is 2.50 bits per heavy atom. The van der Waals surface area contributed by atoms with E-state index in [4.69, 9.17) is 28.3 Å². The van der Waals surface area contributed by atoms with Crippen molar-refractivity contribution in [2.24, 2.45) is 0 Å². The highest BCUT2D eigenvalue weighted by Crippen LogP contribution is 2.26. The second-order valence-corrected chi connectivity index (χ2v) is 3.90. The third-order valence-corrected chi connectivity index (χ3v) is 2.71. The molecular weight excluding hydrogens is 223 g/mol. The van der Waals surface area contributed by atoms with Crippen molar-refractivity contribution in [3.05, 3.63) is 33.3 Å². The van der Waals surface area contributed by atoms with Crippen LogP contribution in [-0.4, -0.2) is 11.1 Å². The van der Waals surface area contributed by atoms with E-state index in [2.05, 4.69) is 0 Å². The summed E-state index contributed by atoms with van der Waals surface area (Å²) in [6, 6.07) is 3.48. The number of carboxylic acids is 1. The van der Waals surface area contributed by atoms with E-state index in [0.29, 0.717) is 16.5 Å². The van der Waals surface area contributed by atoms with Gasteiger partial charge < -0.3 is 5.11 Å². The van der Waals surface area contributed by atoms with Crippen molar-refractivity contribution in [2.75, 3.05) is 0 Å². The van der Waals surface area contributed by atoms with Crippen LogP contribution >= 0.6 is 23.2 Å². The van der Waals surface area contributed by atoms with E-state index in [9.17, 15) is 4.79 Å². The number of carbonyl (C=O) groups is 1. The molecule has 0 aromatic heterocycles. The van der Waals surface area contributed by atoms with Gasteiger partial charge in [0.2, 0.25) is 0 Å². The second kappa shape index (κ2) is 4.67. The molecule has 4 heteroatoms. The maximum Gasteiger partial charge on any atom is 0.303 e. The van der Waals surface area contributed by atoms with Crippen LogP contribution in [0.2, 0.25) is 10.0 Å². The van der Waals surface area contributed by atoms with Gasteiger partial charge in [0.15, 0.2) is 0 Å². The average molecular weight is 233 g/mol. The maximum absolute atomic E-state index is 10.4. The summed E-state index contributed by atoms with van der Waals surface area (Å²) in [4.78, 5) is 10.4. The molecule has 1 aromatic rings. The lowest BCUT2D eigenvalue weighted by molar-refractivity contribution is -0.136. The first kappa shape index (κ1) is 11.3. The van der Waals surface area contributed by atoms with Gasteiger partial charge in [-0.25, -0.2) is 0 Å². The van der Waals surface area contributed by atoms with E-state index in [0.717, 1.165) is 11.1 Å². The minimum atomic E-state index is -0.810. The largest absolute Gasteiger partial charge is 0.481 e. The Kier molecular flexibility index (Phi) is 3.78. The monoisotopic (exact) mass is 232 g/mol. The smallest absolute Gasteiger partial charge is 0.303 e. The highest BCUT2D eigenvalue weighted by molar-refractivity contribution is 6.42. The van der Waals surface area contributed by atoms with Gasteiger partial charge in [-0.15, -0.1) is 0 Å². The van der Waals surface area contributed by atoms with Crippen molar-refractivity contribution in [1.29, 1.82) is 0 Å². The summed E-state index contributed by atoms with van der Waals surface area (Å²) in [6.45, 7) is 1.89. The molecule has 0 heterocycles. The van der Waals surface area contributed by atoms with E-state index >= 15 is 0 Å². The molecule has 0 amide bonds. The first-order valence-corrected chi connectivity index (χ1v) is 4.92. The van der Waals surface area contributed by atoms with Gasteiger partial charge in [-0.05, 0) is 36.6 Å². The van der Waals surface area contributed by atoms with Crippen LogP contribution in [0.5, 0.6) is 0 Å². The molecule has 0 saturated carbocycles. The molecule has 0 aliphatic heterocycles. The number of hydrogen-bond donors (Lipinski definition) is 1. The van der Waals surface area contributed by atoms with Gasteiger partial charge in [0.1, 0.15) is 0 Å². The molecule has 0 fully saturated rings. The summed E-state index contributed by atoms with van der Waals surface area (Å²) >= 11 is 11.6. The Morgan fingerprint density at radius 2 is 1.93 bits per heavy atom. The number of halogens is 2. The van der Waals surface area contributed by atoms with Gasteiger partial charge in [0, 0.05) is 6.42 Å². The molecule has 0 radical (unpaired) electrons. The summed E-state index contributed by atoms with van der Waals surface area (Å²) in [5, 5.41) is 9.50. The Balaban J connectivity index is 2.87. The summed E-state index contributed by atoms with van der Waals surface area (Å²) in [5.41, 5.74) is 1.91. The molecule has 0 saturated heterocycles. The first-order valence-electron chi connectivity index (χ1n) is 4.17. The van der Waals surface area contributed by atoms with Gasteiger partial charge in [-0.1, -0.05) is 23.2 Å². The Labute approximate surface area is 92.5 Å². The van der Waals surface area contributed by atoms with E-state index in [1.165, 1.54) is 0 Å². The number of aliphatic carboxylic acids is 1. The highest BCUT2D eigenvalue weighted by Gasteiger charge is 2.06. The van der Waals surface area contributed by atoms with Crippen LogP contribution in [0, 0.1) is 6.92 Å². The third kappa shape index (κ3) is 2.89. The summed E-state index contributed by atoms with van der Waals surface area (Å²) in [6.07, 6.45) is 0.594. The molecule has 0 aliphatic rings. The van der Waals surface area contributed by atoms with E-state index in [-0.39, 0.29) is 6.42 Å². The molecule has 14 heavy (non-hydrogen) atoms. The van der Waals surface area contributed by atoms with Crippen molar-refractivity contribution >= 4 is 29.2 Å². The SMILES string of the molecule is Cc1cc(Cl)c(Cl)cc1CCC(=O)O. The Hall–Kier alpha value is -0.730. The van der Waals surface area contributed by atoms with Gasteiger partial charge >= 0.3 is 5.97 Å². The molecule has 1 N–H and O–H groups in total. The Morgan fingerprint density at radius 1 is 1.36 bits per heavy atom. The minimum absolute atomic E-state index is 0.110. The quantitative estimate of drug-likeness (QED) is 0.869. The number of carboxylic acid groups (broad SMARTS) is 1. The zero-order valence-electron chi connectivity index (χ0n) is 7.68. The fourth-order valence-corrected chi connectivity index (χ4v) is 1.60. The predicted molar refractivity (Wildman–Crippen MR) is 57.2 cm³/mol. The summed E-state index contributed by atoms with van der Waals surface area (Å²) in [7, 11) is 0. The molecule has 0 atom stereocenters. The third-order valence-electron chi connectivity index (χ3n) is 1.99. The molecule has 76 valence electrons. The average Bonchev–Trinajstić information content (AvgIpc) is 2.09. The van der Waals surface area contributed by atoms with Crippen LogP contribution in [0.4, 0.5) is 0 Å². The number of aryl methyl sites for hydroxylation is 2. The van der Waals surface area contributed by atoms with Crippen molar-refractivity contribution in [3.8, 4) is 0 Å². The zero-order valence-corrected chi connectivity index (χ0v) is 9.19. The fourth-order valence-electron chi connectivity index (χ4n) is 1.20. The Bertz CT molecular complexity index is 361. The molecule has 0 unspecified atom stereocenters. The second-order valence-electron chi connectivity index (χ2n) is 3.09. The van der Waals surface area contributed by atoms with Crippen LogP contribution in [0.15, 0.2) is 12.1 Å². The molecule has 2 nitrogen and oxygen atoms in total. The topological polar surface area (TPSA) is 37.3 Å². The molecular formula is C10H10Cl2O2. The summed E-state index contributed by atoms with van der Waals surface area (Å²) in [5.74, 6) is -0.810. The van der Waals surface area contributed by atoms with Crippen LogP contribution in [0.25, 0.3) is 0 Å². The molecule has 1 aromatic carbocycles. The lowest BCUT2D eigenvalue weighted by atomic mass is 10.0. The first-order chi connectivity index (χ1) is 6.50. The maximum atomic E-state index is 10.4. The van der Waals surface area contributed by atoms with Crippen LogP contribution in [0.3, 0.4) is 0 Å². The highest BCUT2D eigenvalue weighted by atomic mass is 35.5.